The Balaban J connectivity index is 2.06. The molecule has 0 fully saturated rings. The van der Waals surface area contributed by atoms with E-state index in [-0.39, 0.29) is 11.4 Å². The Bertz CT molecular complexity index is 687. The maximum atomic E-state index is 12.1. The lowest BCUT2D eigenvalue weighted by Crippen LogP contribution is -2.20. The van der Waals surface area contributed by atoms with Crippen LogP contribution in [0, 0.1) is 6.92 Å². The van der Waals surface area contributed by atoms with E-state index in [0.29, 0.717) is 18.1 Å². The van der Waals surface area contributed by atoms with Gasteiger partial charge in [0, 0.05) is 23.8 Å². The molecule has 1 heterocycles. The summed E-state index contributed by atoms with van der Waals surface area (Å²) in [5.41, 5.74) is 2.34. The zero-order valence-corrected chi connectivity index (χ0v) is 14.2. The smallest absolute Gasteiger partial charge is 0.324 e. The third kappa shape index (κ3) is 4.32. The number of aromatic nitrogens is 1. The highest BCUT2D eigenvalue weighted by Gasteiger charge is 2.24. The Labute approximate surface area is 136 Å². The lowest BCUT2D eigenvalue weighted by atomic mass is 9.91. The molecule has 0 saturated heterocycles. The highest BCUT2D eigenvalue weighted by molar-refractivity contribution is 5.99. The number of benzene rings is 1. The molecule has 0 aliphatic carbocycles. The van der Waals surface area contributed by atoms with Gasteiger partial charge in [-0.3, -0.25) is 5.32 Å². The van der Waals surface area contributed by atoms with Gasteiger partial charge in [-0.1, -0.05) is 38.1 Å². The normalized spacial score (nSPS) is 11.3. The molecule has 1 aromatic heterocycles. The van der Waals surface area contributed by atoms with E-state index in [0.717, 1.165) is 16.9 Å². The predicted octanol–water partition coefficient (Wildman–Crippen LogP) is 4.07. The zero-order valence-electron chi connectivity index (χ0n) is 14.2. The molecule has 0 bridgehead atoms. The number of ether oxygens (including phenoxy) is 1. The second-order valence-electron chi connectivity index (χ2n) is 6.45. The number of hydrogen-bond donors (Lipinski definition) is 2. The van der Waals surface area contributed by atoms with E-state index in [4.69, 9.17) is 9.26 Å². The molecule has 23 heavy (non-hydrogen) atoms. The Hall–Kier alpha value is -2.34. The van der Waals surface area contributed by atoms with Crippen LogP contribution in [0.2, 0.25) is 0 Å². The minimum Gasteiger partial charge on any atom is -0.380 e. The van der Waals surface area contributed by atoms with Crippen LogP contribution in [0.15, 0.2) is 28.8 Å². The molecular formula is C17H23N3O3. The summed E-state index contributed by atoms with van der Waals surface area (Å²) in [5.74, 6) is 1.19. The molecule has 0 atom stereocenters. The molecule has 2 aromatic rings. The molecular weight excluding hydrogens is 294 g/mol. The number of carbonyl (C=O) groups excluding carboxylic acids is 1. The summed E-state index contributed by atoms with van der Waals surface area (Å²) in [6.07, 6.45) is 0. The van der Waals surface area contributed by atoms with Gasteiger partial charge in [0.1, 0.15) is 5.76 Å². The fraction of sp³-hybridized carbons (Fsp3) is 0.412. The number of urea groups is 1. The Morgan fingerprint density at radius 3 is 2.65 bits per heavy atom. The largest absolute Gasteiger partial charge is 0.380 e. The summed E-state index contributed by atoms with van der Waals surface area (Å²) >= 11 is 0. The van der Waals surface area contributed by atoms with Gasteiger partial charge in [-0.2, -0.15) is 0 Å². The first-order valence-corrected chi connectivity index (χ1v) is 7.44. The standard InChI is InChI=1S/C17H23N3O3/c1-11-14(17(2,3)4)23-20-15(11)19-16(21)18-13-8-6-7-12(9-13)10-22-5/h6-9H,10H2,1-5H3,(H2,18,19,20,21). The first kappa shape index (κ1) is 17.0. The van der Waals surface area contributed by atoms with Crippen molar-refractivity contribution in [1.82, 2.24) is 5.16 Å². The molecule has 1 aromatic carbocycles. The third-order valence-corrected chi connectivity index (χ3v) is 3.33. The summed E-state index contributed by atoms with van der Waals surface area (Å²) < 4.78 is 10.4. The van der Waals surface area contributed by atoms with Crippen molar-refractivity contribution in [2.24, 2.45) is 0 Å². The van der Waals surface area contributed by atoms with Crippen LogP contribution in [0.4, 0.5) is 16.3 Å². The molecule has 6 heteroatoms. The molecule has 0 aliphatic rings. The second kappa shape index (κ2) is 6.83. The van der Waals surface area contributed by atoms with E-state index >= 15 is 0 Å². The van der Waals surface area contributed by atoms with Gasteiger partial charge in [0.25, 0.3) is 0 Å². The highest BCUT2D eigenvalue weighted by atomic mass is 16.5. The van der Waals surface area contributed by atoms with Gasteiger partial charge in [0.2, 0.25) is 0 Å². The molecule has 0 unspecified atom stereocenters. The quantitative estimate of drug-likeness (QED) is 0.891. The second-order valence-corrected chi connectivity index (χ2v) is 6.45. The summed E-state index contributed by atoms with van der Waals surface area (Å²) in [6.45, 7) is 8.48. The predicted molar refractivity (Wildman–Crippen MR) is 89.7 cm³/mol. The SMILES string of the molecule is COCc1cccc(NC(=O)Nc2noc(C(C)(C)C)c2C)c1. The molecule has 2 rings (SSSR count). The van der Waals surface area contributed by atoms with Gasteiger partial charge in [0.15, 0.2) is 5.82 Å². The summed E-state index contributed by atoms with van der Waals surface area (Å²) in [5, 5.41) is 9.44. The Morgan fingerprint density at radius 1 is 1.30 bits per heavy atom. The molecule has 0 saturated carbocycles. The number of amides is 2. The van der Waals surface area contributed by atoms with E-state index in [1.54, 1.807) is 7.11 Å². The van der Waals surface area contributed by atoms with Crippen molar-refractivity contribution in [3.05, 3.63) is 41.2 Å². The van der Waals surface area contributed by atoms with Gasteiger partial charge in [-0.15, -0.1) is 0 Å². The van der Waals surface area contributed by atoms with Crippen molar-refractivity contribution in [3.8, 4) is 0 Å². The average molecular weight is 317 g/mol. The van der Waals surface area contributed by atoms with Gasteiger partial charge in [0.05, 0.1) is 6.61 Å². The van der Waals surface area contributed by atoms with Crippen molar-refractivity contribution in [3.63, 3.8) is 0 Å². The van der Waals surface area contributed by atoms with Crippen LogP contribution in [0.1, 0.15) is 37.7 Å². The zero-order chi connectivity index (χ0) is 17.0. The van der Waals surface area contributed by atoms with Gasteiger partial charge in [-0.25, -0.2) is 4.79 Å². The summed E-state index contributed by atoms with van der Waals surface area (Å²) in [6, 6.07) is 7.11. The van der Waals surface area contributed by atoms with Crippen molar-refractivity contribution in [2.75, 3.05) is 17.7 Å². The molecule has 2 N–H and O–H groups in total. The topological polar surface area (TPSA) is 76.4 Å². The molecule has 0 spiro atoms. The molecule has 2 amide bonds. The molecule has 6 nitrogen and oxygen atoms in total. The maximum absolute atomic E-state index is 12.1. The van der Waals surface area contributed by atoms with Crippen LogP contribution in [0.3, 0.4) is 0 Å². The van der Waals surface area contributed by atoms with Crippen LogP contribution in [-0.2, 0) is 16.8 Å². The first-order chi connectivity index (χ1) is 10.8. The minimum atomic E-state index is -0.364. The van der Waals surface area contributed by atoms with Crippen molar-refractivity contribution in [2.45, 2.75) is 39.7 Å². The Morgan fingerprint density at radius 2 is 2.04 bits per heavy atom. The van der Waals surface area contributed by atoms with E-state index in [2.05, 4.69) is 15.8 Å². The lowest BCUT2D eigenvalue weighted by molar-refractivity contribution is 0.185. The van der Waals surface area contributed by atoms with Crippen LogP contribution >= 0.6 is 0 Å². The number of anilines is 2. The minimum absolute atomic E-state index is 0.165. The van der Waals surface area contributed by atoms with Gasteiger partial charge >= 0.3 is 6.03 Å². The summed E-state index contributed by atoms with van der Waals surface area (Å²) in [7, 11) is 1.63. The summed E-state index contributed by atoms with van der Waals surface area (Å²) in [4.78, 5) is 12.1. The van der Waals surface area contributed by atoms with Crippen LogP contribution in [0.25, 0.3) is 0 Å². The van der Waals surface area contributed by atoms with Crippen molar-refractivity contribution in [1.29, 1.82) is 0 Å². The Kier molecular flexibility index (Phi) is 5.05. The van der Waals surface area contributed by atoms with Crippen molar-refractivity contribution >= 4 is 17.5 Å². The molecule has 0 aliphatic heterocycles. The molecule has 124 valence electrons. The lowest BCUT2D eigenvalue weighted by Gasteiger charge is -2.14. The van der Waals surface area contributed by atoms with E-state index in [1.807, 2.05) is 52.0 Å². The molecule has 0 radical (unpaired) electrons. The number of methoxy groups -OCH3 is 1. The number of carbonyl (C=O) groups is 1. The first-order valence-electron chi connectivity index (χ1n) is 7.44. The van der Waals surface area contributed by atoms with Crippen LogP contribution < -0.4 is 10.6 Å². The average Bonchev–Trinajstić information content (AvgIpc) is 2.80. The number of rotatable bonds is 4. The van der Waals surface area contributed by atoms with E-state index < -0.39 is 0 Å². The van der Waals surface area contributed by atoms with Gasteiger partial charge < -0.3 is 14.6 Å². The number of nitrogens with one attached hydrogen (secondary N) is 2. The fourth-order valence-electron chi connectivity index (χ4n) is 2.33. The van der Waals surface area contributed by atoms with Crippen molar-refractivity contribution < 1.29 is 14.1 Å². The number of hydrogen-bond acceptors (Lipinski definition) is 4. The van der Waals surface area contributed by atoms with E-state index in [1.165, 1.54) is 0 Å². The number of nitrogens with zero attached hydrogens (tertiary/aromatic N) is 1. The van der Waals surface area contributed by atoms with Crippen LogP contribution in [0.5, 0.6) is 0 Å². The monoisotopic (exact) mass is 317 g/mol. The highest BCUT2D eigenvalue weighted by Crippen LogP contribution is 2.29. The van der Waals surface area contributed by atoms with E-state index in [9.17, 15) is 4.79 Å². The maximum Gasteiger partial charge on any atom is 0.324 e. The fourth-order valence-corrected chi connectivity index (χ4v) is 2.33. The van der Waals surface area contributed by atoms with Crippen LogP contribution in [-0.4, -0.2) is 18.3 Å². The third-order valence-electron chi connectivity index (χ3n) is 3.33. The van der Waals surface area contributed by atoms with Gasteiger partial charge in [-0.05, 0) is 24.6 Å².